The van der Waals surface area contributed by atoms with Crippen LogP contribution in [0.2, 0.25) is 0 Å². The first kappa shape index (κ1) is 11.6. The highest BCUT2D eigenvalue weighted by atomic mass is 19.1. The Bertz CT molecular complexity index is 256. The van der Waals surface area contributed by atoms with Crippen molar-refractivity contribution in [2.75, 3.05) is 0 Å². The largest absolute Gasteiger partial charge is 0.259 e. The van der Waals surface area contributed by atoms with Crippen molar-refractivity contribution >= 4 is 0 Å². The molecule has 0 saturated carbocycles. The lowest BCUT2D eigenvalue weighted by molar-refractivity contribution is -0.428. The van der Waals surface area contributed by atoms with Crippen molar-refractivity contribution in [2.24, 2.45) is 0 Å². The standard InChI is InChI=1S/C9H12FNO2/c1-3-5-9(11(12)13)7-6-8(10)4-2/h4,6-7H,2-3,5H2,1H3/b8-6+,9-7+. The van der Waals surface area contributed by atoms with E-state index in [2.05, 4.69) is 6.58 Å². The molecule has 0 aliphatic rings. The molecule has 0 aliphatic heterocycles. The zero-order valence-corrected chi connectivity index (χ0v) is 7.50. The van der Waals surface area contributed by atoms with E-state index in [-0.39, 0.29) is 5.70 Å². The van der Waals surface area contributed by atoms with Crippen molar-refractivity contribution in [3.05, 3.63) is 46.4 Å². The highest BCUT2D eigenvalue weighted by Crippen LogP contribution is 2.07. The summed E-state index contributed by atoms with van der Waals surface area (Å²) >= 11 is 0. The van der Waals surface area contributed by atoms with Crippen molar-refractivity contribution in [1.82, 2.24) is 0 Å². The Morgan fingerprint density at radius 3 is 2.62 bits per heavy atom. The number of rotatable bonds is 5. The van der Waals surface area contributed by atoms with E-state index in [0.717, 1.165) is 12.2 Å². The molecule has 3 nitrogen and oxygen atoms in total. The molecule has 13 heavy (non-hydrogen) atoms. The summed E-state index contributed by atoms with van der Waals surface area (Å²) in [7, 11) is 0. The van der Waals surface area contributed by atoms with E-state index in [0.29, 0.717) is 12.8 Å². The SMILES string of the molecule is C=C/C(F)=C\C=C(/CCC)[N+](=O)[O-]. The van der Waals surface area contributed by atoms with Gasteiger partial charge in [-0.1, -0.05) is 13.5 Å². The number of hydrogen-bond acceptors (Lipinski definition) is 2. The number of allylic oxidation sites excluding steroid dienone is 5. The molecular formula is C9H12FNO2. The lowest BCUT2D eigenvalue weighted by Gasteiger charge is -1.92. The molecule has 0 heterocycles. The topological polar surface area (TPSA) is 43.1 Å². The molecule has 0 rings (SSSR count). The van der Waals surface area contributed by atoms with Gasteiger partial charge in [0.2, 0.25) is 5.70 Å². The maximum absolute atomic E-state index is 12.5. The highest BCUT2D eigenvalue weighted by Gasteiger charge is 2.06. The summed E-state index contributed by atoms with van der Waals surface area (Å²) in [4.78, 5) is 9.85. The van der Waals surface area contributed by atoms with Crippen LogP contribution in [0, 0.1) is 10.1 Å². The van der Waals surface area contributed by atoms with Crippen LogP contribution in [0.25, 0.3) is 0 Å². The molecule has 0 spiro atoms. The van der Waals surface area contributed by atoms with Gasteiger partial charge in [0.1, 0.15) is 5.83 Å². The third-order valence-corrected chi connectivity index (χ3v) is 1.37. The number of halogens is 1. The Morgan fingerprint density at radius 2 is 2.23 bits per heavy atom. The molecule has 0 aromatic carbocycles. The Hall–Kier alpha value is -1.45. The Balaban J connectivity index is 4.53. The van der Waals surface area contributed by atoms with Gasteiger partial charge in [-0.15, -0.1) is 0 Å². The van der Waals surface area contributed by atoms with Crippen LogP contribution in [0.15, 0.2) is 36.3 Å². The summed E-state index contributed by atoms with van der Waals surface area (Å²) in [6.45, 7) is 5.01. The fourth-order valence-electron chi connectivity index (χ4n) is 0.735. The summed E-state index contributed by atoms with van der Waals surface area (Å²) in [5.41, 5.74) is 0.0134. The maximum Gasteiger partial charge on any atom is 0.246 e. The van der Waals surface area contributed by atoms with Gasteiger partial charge in [0.25, 0.3) is 0 Å². The lowest BCUT2D eigenvalue weighted by atomic mass is 10.2. The van der Waals surface area contributed by atoms with Crippen LogP contribution >= 0.6 is 0 Å². The third-order valence-electron chi connectivity index (χ3n) is 1.37. The molecule has 0 saturated heterocycles. The minimum absolute atomic E-state index is 0.0134. The minimum Gasteiger partial charge on any atom is -0.259 e. The monoisotopic (exact) mass is 185 g/mol. The van der Waals surface area contributed by atoms with Crippen LogP contribution in [0.4, 0.5) is 4.39 Å². The van der Waals surface area contributed by atoms with Crippen molar-refractivity contribution in [3.8, 4) is 0 Å². The lowest BCUT2D eigenvalue weighted by Crippen LogP contribution is -1.97. The Morgan fingerprint density at radius 1 is 1.62 bits per heavy atom. The van der Waals surface area contributed by atoms with E-state index in [9.17, 15) is 14.5 Å². The molecule has 0 unspecified atom stereocenters. The average molecular weight is 185 g/mol. The van der Waals surface area contributed by atoms with Crippen molar-refractivity contribution < 1.29 is 9.31 Å². The summed E-state index contributed by atoms with van der Waals surface area (Å²) in [6, 6.07) is 0. The van der Waals surface area contributed by atoms with Crippen molar-refractivity contribution in [1.29, 1.82) is 0 Å². The zero-order chi connectivity index (χ0) is 10.3. The first-order valence-corrected chi connectivity index (χ1v) is 3.95. The smallest absolute Gasteiger partial charge is 0.246 e. The van der Waals surface area contributed by atoms with Gasteiger partial charge in [-0.3, -0.25) is 10.1 Å². The molecule has 0 aromatic rings. The molecule has 0 aliphatic carbocycles. The summed E-state index contributed by atoms with van der Waals surface area (Å²) < 4.78 is 12.5. The molecule has 4 heteroatoms. The van der Waals surface area contributed by atoms with E-state index in [1.807, 2.05) is 6.92 Å². The fourth-order valence-corrected chi connectivity index (χ4v) is 0.735. The number of hydrogen-bond donors (Lipinski definition) is 0. The quantitative estimate of drug-likeness (QED) is 0.375. The molecule has 0 atom stereocenters. The predicted molar refractivity (Wildman–Crippen MR) is 49.4 cm³/mol. The van der Waals surface area contributed by atoms with E-state index < -0.39 is 10.8 Å². The van der Waals surface area contributed by atoms with Gasteiger partial charge < -0.3 is 0 Å². The fraction of sp³-hybridized carbons (Fsp3) is 0.333. The molecular weight excluding hydrogens is 173 g/mol. The normalized spacial score (nSPS) is 12.8. The second kappa shape index (κ2) is 6.11. The highest BCUT2D eigenvalue weighted by molar-refractivity contribution is 5.17. The van der Waals surface area contributed by atoms with Gasteiger partial charge >= 0.3 is 0 Å². The van der Waals surface area contributed by atoms with Crippen molar-refractivity contribution in [2.45, 2.75) is 19.8 Å². The third kappa shape index (κ3) is 4.90. The summed E-state index contributed by atoms with van der Waals surface area (Å²) in [6.07, 6.45) is 4.21. The van der Waals surface area contributed by atoms with Crippen LogP contribution < -0.4 is 0 Å². The average Bonchev–Trinajstić information content (AvgIpc) is 2.11. The molecule has 0 aromatic heterocycles. The van der Waals surface area contributed by atoms with Crippen molar-refractivity contribution in [3.63, 3.8) is 0 Å². The first-order chi connectivity index (χ1) is 6.11. The van der Waals surface area contributed by atoms with Gasteiger partial charge in [-0.2, -0.15) is 0 Å². The molecule has 0 radical (unpaired) electrons. The molecule has 0 bridgehead atoms. The summed E-state index contributed by atoms with van der Waals surface area (Å²) in [5, 5.41) is 10.4. The maximum atomic E-state index is 12.5. The van der Waals surface area contributed by atoms with Crippen LogP contribution in [-0.2, 0) is 0 Å². The molecule has 72 valence electrons. The van der Waals surface area contributed by atoms with Gasteiger partial charge in [0, 0.05) is 12.5 Å². The first-order valence-electron chi connectivity index (χ1n) is 3.95. The van der Waals surface area contributed by atoms with E-state index in [1.165, 1.54) is 6.08 Å². The minimum atomic E-state index is -0.574. The predicted octanol–water partition coefficient (Wildman–Crippen LogP) is 2.99. The van der Waals surface area contributed by atoms with Gasteiger partial charge in [0.15, 0.2) is 0 Å². The zero-order valence-electron chi connectivity index (χ0n) is 7.50. The molecule has 0 N–H and O–H groups in total. The van der Waals surface area contributed by atoms with Crippen LogP contribution in [-0.4, -0.2) is 4.92 Å². The second-order valence-electron chi connectivity index (χ2n) is 2.42. The van der Waals surface area contributed by atoms with Gasteiger partial charge in [-0.25, -0.2) is 4.39 Å². The van der Waals surface area contributed by atoms with Crippen LogP contribution in [0.1, 0.15) is 19.8 Å². The van der Waals surface area contributed by atoms with Crippen LogP contribution in [0.5, 0.6) is 0 Å². The van der Waals surface area contributed by atoms with E-state index in [4.69, 9.17) is 0 Å². The Kier molecular flexibility index (Phi) is 5.43. The number of nitro groups is 1. The summed E-state index contributed by atoms with van der Waals surface area (Å²) in [5.74, 6) is -0.574. The number of nitrogens with zero attached hydrogens (tertiary/aromatic N) is 1. The van der Waals surface area contributed by atoms with E-state index in [1.54, 1.807) is 0 Å². The second-order valence-corrected chi connectivity index (χ2v) is 2.42. The van der Waals surface area contributed by atoms with Gasteiger partial charge in [0.05, 0.1) is 4.92 Å². The van der Waals surface area contributed by atoms with E-state index >= 15 is 0 Å². The molecule has 0 fully saturated rings. The Labute approximate surface area is 76.4 Å². The van der Waals surface area contributed by atoms with Crippen LogP contribution in [0.3, 0.4) is 0 Å². The van der Waals surface area contributed by atoms with Gasteiger partial charge in [-0.05, 0) is 18.6 Å². The molecule has 0 amide bonds.